The minimum Gasteiger partial charge on any atom is -0.335 e. The molecule has 5 heteroatoms. The number of nitrogens with one attached hydrogen (secondary N) is 1. The fourth-order valence-electron chi connectivity index (χ4n) is 2.98. The van der Waals surface area contributed by atoms with Gasteiger partial charge in [0.2, 0.25) is 0 Å². The highest BCUT2D eigenvalue weighted by molar-refractivity contribution is 5.90. The van der Waals surface area contributed by atoms with Gasteiger partial charge in [0.1, 0.15) is 0 Å². The fraction of sp³-hybridized carbons (Fsp3) is 0.261. The van der Waals surface area contributed by atoms with Gasteiger partial charge in [-0.3, -0.25) is 9.78 Å². The summed E-state index contributed by atoms with van der Waals surface area (Å²) < 4.78 is 0. The summed E-state index contributed by atoms with van der Waals surface area (Å²) >= 11 is 0. The van der Waals surface area contributed by atoms with Gasteiger partial charge in [0.25, 0.3) is 5.91 Å². The normalized spacial score (nSPS) is 10.6. The van der Waals surface area contributed by atoms with E-state index in [-0.39, 0.29) is 5.91 Å². The highest BCUT2D eigenvalue weighted by Gasteiger charge is 2.09. The molecule has 0 bridgehead atoms. The Morgan fingerprint density at radius 3 is 2.43 bits per heavy atom. The molecule has 0 unspecified atom stereocenters. The number of rotatable bonds is 8. The van der Waals surface area contributed by atoms with E-state index in [0.29, 0.717) is 12.0 Å². The van der Waals surface area contributed by atoms with Crippen LogP contribution in [0, 0.1) is 0 Å². The lowest BCUT2D eigenvalue weighted by atomic mass is 10.1. The first-order valence-electron chi connectivity index (χ1n) is 9.62. The number of benzene rings is 2. The number of nitrogens with zero attached hydrogens (tertiary/aromatic N) is 1. The minimum atomic E-state index is -0.558. The lowest BCUT2D eigenvalue weighted by Gasteiger charge is -2.06. The Hall–Kier alpha value is -3.21. The Kier molecular flexibility index (Phi) is 7.13. The Bertz CT molecular complexity index is 925. The number of carbonyl (C=O) groups is 2. The standard InChI is InChI=1S/C23H24N2O3/c26-22(25-28-23(27)19-11-4-3-5-12-19)15-7-2-1-6-13-20-17-16-18-10-8-9-14-21(18)24-20/h3-5,8-12,14,16-17H,1-2,6-7,13,15H2,(H,25,26). The Balaban J connectivity index is 1.28. The Morgan fingerprint density at radius 2 is 1.57 bits per heavy atom. The minimum absolute atomic E-state index is 0.277. The lowest BCUT2D eigenvalue weighted by molar-refractivity contribution is -0.130. The maximum atomic E-state index is 11.8. The first-order chi connectivity index (χ1) is 13.7. The van der Waals surface area contributed by atoms with Crippen molar-refractivity contribution in [1.82, 2.24) is 10.5 Å². The van der Waals surface area contributed by atoms with E-state index in [2.05, 4.69) is 28.7 Å². The van der Waals surface area contributed by atoms with Crippen LogP contribution in [0.2, 0.25) is 0 Å². The molecular weight excluding hydrogens is 352 g/mol. The van der Waals surface area contributed by atoms with E-state index in [1.54, 1.807) is 24.3 Å². The number of amides is 1. The second-order valence-corrected chi connectivity index (χ2v) is 6.69. The number of aromatic nitrogens is 1. The molecule has 1 amide bonds. The molecule has 1 N–H and O–H groups in total. The molecule has 28 heavy (non-hydrogen) atoms. The molecule has 1 aromatic heterocycles. The smallest absolute Gasteiger partial charge is 0.335 e. The molecule has 0 aliphatic rings. The van der Waals surface area contributed by atoms with E-state index >= 15 is 0 Å². The first-order valence-corrected chi connectivity index (χ1v) is 9.62. The first kappa shape index (κ1) is 19.5. The lowest BCUT2D eigenvalue weighted by Crippen LogP contribution is -2.26. The number of carbonyl (C=O) groups excluding carboxylic acids is 2. The van der Waals surface area contributed by atoms with Crippen LogP contribution in [0.15, 0.2) is 66.7 Å². The van der Waals surface area contributed by atoms with Gasteiger partial charge in [0.05, 0.1) is 11.1 Å². The third-order valence-electron chi connectivity index (χ3n) is 4.51. The maximum absolute atomic E-state index is 11.8. The number of hydrogen-bond donors (Lipinski definition) is 1. The van der Waals surface area contributed by atoms with Crippen molar-refractivity contribution < 1.29 is 14.4 Å². The van der Waals surface area contributed by atoms with E-state index in [1.165, 1.54) is 0 Å². The molecule has 1 heterocycles. The van der Waals surface area contributed by atoms with E-state index in [1.807, 2.05) is 24.3 Å². The molecule has 2 aromatic carbocycles. The summed E-state index contributed by atoms with van der Waals surface area (Å²) in [4.78, 5) is 33.0. The molecular formula is C23H24N2O3. The van der Waals surface area contributed by atoms with Crippen LogP contribution in [-0.2, 0) is 16.1 Å². The topological polar surface area (TPSA) is 68.3 Å². The number of hydroxylamine groups is 1. The summed E-state index contributed by atoms with van der Waals surface area (Å²) in [7, 11) is 0. The maximum Gasteiger partial charge on any atom is 0.362 e. The van der Waals surface area contributed by atoms with Crippen LogP contribution in [0.5, 0.6) is 0 Å². The third-order valence-corrected chi connectivity index (χ3v) is 4.51. The summed E-state index contributed by atoms with van der Waals surface area (Å²) in [6.07, 6.45) is 5.07. The molecule has 0 spiro atoms. The van der Waals surface area contributed by atoms with Gasteiger partial charge in [-0.05, 0) is 43.5 Å². The van der Waals surface area contributed by atoms with Crippen LogP contribution in [0.3, 0.4) is 0 Å². The second-order valence-electron chi connectivity index (χ2n) is 6.69. The van der Waals surface area contributed by atoms with E-state index < -0.39 is 5.97 Å². The van der Waals surface area contributed by atoms with Gasteiger partial charge in [-0.15, -0.1) is 0 Å². The summed E-state index contributed by atoms with van der Waals surface area (Å²) in [5.41, 5.74) is 4.75. The van der Waals surface area contributed by atoms with E-state index in [9.17, 15) is 9.59 Å². The Morgan fingerprint density at radius 1 is 0.821 bits per heavy atom. The van der Waals surface area contributed by atoms with Crippen LogP contribution < -0.4 is 5.48 Å². The molecule has 0 atom stereocenters. The summed E-state index contributed by atoms with van der Waals surface area (Å²) in [5, 5.41) is 1.16. The van der Waals surface area contributed by atoms with Gasteiger partial charge >= 0.3 is 5.97 Å². The van der Waals surface area contributed by atoms with Crippen molar-refractivity contribution in [3.63, 3.8) is 0 Å². The summed E-state index contributed by atoms with van der Waals surface area (Å²) in [5.74, 6) is -0.836. The predicted octanol–water partition coefficient (Wildman–Crippen LogP) is 4.62. The van der Waals surface area contributed by atoms with E-state index in [0.717, 1.165) is 48.7 Å². The zero-order chi connectivity index (χ0) is 19.6. The van der Waals surface area contributed by atoms with Crippen LogP contribution >= 0.6 is 0 Å². The molecule has 5 nitrogen and oxygen atoms in total. The average molecular weight is 376 g/mol. The molecule has 0 aliphatic heterocycles. The van der Waals surface area contributed by atoms with Gasteiger partial charge in [0.15, 0.2) is 0 Å². The monoisotopic (exact) mass is 376 g/mol. The number of unbranched alkanes of at least 4 members (excludes halogenated alkanes) is 3. The number of hydrogen-bond acceptors (Lipinski definition) is 4. The SMILES string of the molecule is O=C(CCCCCCc1ccc2ccccc2n1)NOC(=O)c1ccccc1. The van der Waals surface area contributed by atoms with Crippen molar-refractivity contribution in [2.75, 3.05) is 0 Å². The number of fused-ring (bicyclic) bond motifs is 1. The second kappa shape index (κ2) is 10.2. The number of aryl methyl sites for hydroxylation is 1. The summed E-state index contributed by atoms with van der Waals surface area (Å²) in [6.45, 7) is 0. The molecule has 0 radical (unpaired) electrons. The van der Waals surface area contributed by atoms with Crippen molar-refractivity contribution in [3.8, 4) is 0 Å². The average Bonchev–Trinajstić information content (AvgIpc) is 2.75. The fourth-order valence-corrected chi connectivity index (χ4v) is 2.98. The van der Waals surface area contributed by atoms with Crippen LogP contribution in [-0.4, -0.2) is 16.9 Å². The largest absolute Gasteiger partial charge is 0.362 e. The molecule has 0 aliphatic carbocycles. The van der Waals surface area contributed by atoms with Gasteiger partial charge < -0.3 is 4.84 Å². The molecule has 0 saturated heterocycles. The highest BCUT2D eigenvalue weighted by Crippen LogP contribution is 2.14. The molecule has 0 saturated carbocycles. The highest BCUT2D eigenvalue weighted by atomic mass is 16.7. The zero-order valence-corrected chi connectivity index (χ0v) is 15.8. The summed E-state index contributed by atoms with van der Waals surface area (Å²) in [6, 6.07) is 20.9. The van der Waals surface area contributed by atoms with Crippen LogP contribution in [0.25, 0.3) is 10.9 Å². The van der Waals surface area contributed by atoms with Crippen molar-refractivity contribution >= 4 is 22.8 Å². The van der Waals surface area contributed by atoms with E-state index in [4.69, 9.17) is 4.84 Å². The zero-order valence-electron chi connectivity index (χ0n) is 15.8. The van der Waals surface area contributed by atoms with Gasteiger partial charge in [0, 0.05) is 17.5 Å². The molecule has 144 valence electrons. The molecule has 3 rings (SSSR count). The van der Waals surface area contributed by atoms with Crippen molar-refractivity contribution in [3.05, 3.63) is 78.0 Å². The van der Waals surface area contributed by atoms with Crippen molar-refractivity contribution in [1.29, 1.82) is 0 Å². The number of para-hydroxylation sites is 1. The van der Waals surface area contributed by atoms with Crippen molar-refractivity contribution in [2.45, 2.75) is 38.5 Å². The molecule has 3 aromatic rings. The number of pyridine rings is 1. The van der Waals surface area contributed by atoms with Crippen LogP contribution in [0.1, 0.15) is 48.2 Å². The third kappa shape index (κ3) is 5.91. The predicted molar refractivity (Wildman–Crippen MR) is 109 cm³/mol. The Labute approximate surface area is 164 Å². The van der Waals surface area contributed by atoms with Gasteiger partial charge in [-0.1, -0.05) is 55.3 Å². The van der Waals surface area contributed by atoms with Crippen LogP contribution in [0.4, 0.5) is 0 Å². The van der Waals surface area contributed by atoms with Gasteiger partial charge in [-0.2, -0.15) is 5.48 Å². The quantitative estimate of drug-likeness (QED) is 0.460. The van der Waals surface area contributed by atoms with Gasteiger partial charge in [-0.25, -0.2) is 4.79 Å². The molecule has 0 fully saturated rings. The van der Waals surface area contributed by atoms with Crippen molar-refractivity contribution in [2.24, 2.45) is 0 Å².